The number of ether oxygens (including phenoxy) is 2. The number of halogens is 6. The SMILES string of the molecule is CC(C)(C)OC(=O)N1CCC[C@H]1c1nc2ccc(I)cc2[nH]1.COC(=O)N[C@H](C(=O)N1CCC[C@H]1c1nc2ccc(I)cc2[nH]1)C(C)C.I.II.Ic1ccc2nc([C@@H]3CCCN3)[nH]c2c1. The molecule has 66 heavy (non-hydrogen) atoms. The molecule has 3 fully saturated rings. The van der Waals surface area contributed by atoms with Crippen molar-refractivity contribution in [3.63, 3.8) is 0 Å². The predicted molar refractivity (Wildman–Crippen MR) is 313 cm³/mol. The van der Waals surface area contributed by atoms with E-state index in [2.05, 4.69) is 175 Å². The third kappa shape index (κ3) is 14.5. The summed E-state index contributed by atoms with van der Waals surface area (Å²) in [5.74, 6) is 2.60. The van der Waals surface area contributed by atoms with Gasteiger partial charge in [0.2, 0.25) is 5.91 Å². The molecule has 3 aliphatic rings. The van der Waals surface area contributed by atoms with Gasteiger partial charge in [-0.1, -0.05) is 13.8 Å². The first-order valence-electron chi connectivity index (χ1n) is 21.5. The van der Waals surface area contributed by atoms with Crippen molar-refractivity contribution >= 4 is 180 Å². The highest BCUT2D eigenvalue weighted by Gasteiger charge is 2.38. The van der Waals surface area contributed by atoms with Crippen molar-refractivity contribution in [2.24, 2.45) is 5.92 Å². The zero-order chi connectivity index (χ0) is 47.0. The number of hydrogen-bond donors (Lipinski definition) is 5. The molecule has 3 aromatic heterocycles. The van der Waals surface area contributed by atoms with E-state index >= 15 is 0 Å². The highest BCUT2D eigenvalue weighted by Crippen LogP contribution is 2.34. The van der Waals surface area contributed by atoms with Gasteiger partial charge < -0.3 is 40.0 Å². The van der Waals surface area contributed by atoms with E-state index in [9.17, 15) is 14.4 Å². The van der Waals surface area contributed by atoms with E-state index in [1.165, 1.54) is 23.5 Å². The molecule has 4 atom stereocenters. The van der Waals surface area contributed by atoms with Crippen LogP contribution in [0.25, 0.3) is 33.1 Å². The van der Waals surface area contributed by atoms with Crippen LogP contribution in [0.4, 0.5) is 9.59 Å². The van der Waals surface area contributed by atoms with Crippen LogP contribution in [0.15, 0.2) is 54.6 Å². The number of rotatable bonds is 6. The number of aromatic nitrogens is 6. The molecule has 5 N–H and O–H groups in total. The number of nitrogens with one attached hydrogen (secondary N) is 5. The average molecular weight is 1580 g/mol. The third-order valence-corrected chi connectivity index (χ3v) is 13.2. The van der Waals surface area contributed by atoms with Gasteiger partial charge in [0.15, 0.2) is 0 Å². The molecule has 358 valence electrons. The molecule has 15 nitrogen and oxygen atoms in total. The number of imidazole rings is 3. The number of alkyl carbamates (subject to hydrolysis) is 1. The molecular formula is C45H56I6N10O5. The van der Waals surface area contributed by atoms with Gasteiger partial charge in [0.1, 0.15) is 29.1 Å². The molecule has 0 spiro atoms. The van der Waals surface area contributed by atoms with E-state index in [1.807, 2.05) is 69.9 Å². The van der Waals surface area contributed by atoms with Crippen LogP contribution in [0.5, 0.6) is 0 Å². The predicted octanol–water partition coefficient (Wildman–Crippen LogP) is 12.4. The number of methoxy groups -OCH3 is 1. The normalized spacial score (nSPS) is 18.5. The molecule has 3 amide bonds. The van der Waals surface area contributed by atoms with Gasteiger partial charge >= 0.3 is 12.2 Å². The maximum absolute atomic E-state index is 13.1. The summed E-state index contributed by atoms with van der Waals surface area (Å²) < 4.78 is 13.7. The van der Waals surface area contributed by atoms with Gasteiger partial charge in [-0.2, -0.15) is 0 Å². The van der Waals surface area contributed by atoms with Crippen LogP contribution in [0.1, 0.15) is 109 Å². The summed E-state index contributed by atoms with van der Waals surface area (Å²) in [5, 5.41) is 6.12. The molecule has 9 rings (SSSR count). The van der Waals surface area contributed by atoms with Crippen molar-refractivity contribution in [2.45, 2.75) is 103 Å². The van der Waals surface area contributed by atoms with E-state index in [4.69, 9.17) is 4.74 Å². The monoisotopic (exact) mass is 1580 g/mol. The van der Waals surface area contributed by atoms with Crippen LogP contribution < -0.4 is 10.6 Å². The lowest BCUT2D eigenvalue weighted by atomic mass is 10.0. The number of benzene rings is 3. The molecule has 3 aromatic carbocycles. The van der Waals surface area contributed by atoms with Crippen molar-refractivity contribution in [3.8, 4) is 0 Å². The minimum atomic E-state index is -0.617. The van der Waals surface area contributed by atoms with E-state index in [0.29, 0.717) is 19.1 Å². The molecule has 6 aromatic rings. The van der Waals surface area contributed by atoms with Crippen molar-refractivity contribution in [1.29, 1.82) is 0 Å². The van der Waals surface area contributed by atoms with Crippen LogP contribution in [0, 0.1) is 16.6 Å². The van der Waals surface area contributed by atoms with E-state index < -0.39 is 17.7 Å². The quantitative estimate of drug-likeness (QED) is 0.101. The zero-order valence-electron chi connectivity index (χ0n) is 37.5. The van der Waals surface area contributed by atoms with Gasteiger partial charge in [0, 0.05) is 61.0 Å². The largest absolute Gasteiger partial charge is 0.453 e. The minimum Gasteiger partial charge on any atom is -0.453 e. The number of carbonyl (C=O) groups excluding carboxylic acids is 3. The molecule has 0 saturated carbocycles. The molecule has 0 bridgehead atoms. The third-order valence-electron chi connectivity index (χ3n) is 11.2. The fraction of sp³-hybridized carbons (Fsp3) is 0.467. The molecule has 0 aliphatic carbocycles. The number of H-pyrrole nitrogens is 3. The van der Waals surface area contributed by atoms with Gasteiger partial charge in [-0.15, -0.1) is 24.0 Å². The topological polar surface area (TPSA) is 186 Å². The van der Waals surface area contributed by atoms with E-state index in [0.717, 1.165) is 89.9 Å². The van der Waals surface area contributed by atoms with Crippen LogP contribution in [-0.2, 0) is 14.3 Å². The second kappa shape index (κ2) is 25.5. The van der Waals surface area contributed by atoms with Gasteiger partial charge in [0.05, 0.1) is 58.3 Å². The fourth-order valence-electron chi connectivity index (χ4n) is 8.19. The lowest BCUT2D eigenvalue weighted by Crippen LogP contribution is -2.51. The van der Waals surface area contributed by atoms with Gasteiger partial charge in [-0.3, -0.25) is 9.69 Å². The summed E-state index contributed by atoms with van der Waals surface area (Å²) in [6, 6.07) is 18.1. The Bertz CT molecular complexity index is 2570. The first-order chi connectivity index (χ1) is 31.1. The Morgan fingerprint density at radius 1 is 0.712 bits per heavy atom. The number of carbonyl (C=O) groups is 3. The second-order valence-electron chi connectivity index (χ2n) is 17.4. The number of nitrogens with zero attached hydrogens (tertiary/aromatic N) is 5. The number of hydrogen-bond acceptors (Lipinski definition) is 9. The maximum Gasteiger partial charge on any atom is 0.410 e. The molecular weight excluding hydrogens is 1520 g/mol. The molecule has 6 heterocycles. The number of aromatic amines is 3. The first-order valence-corrected chi connectivity index (χ1v) is 31.1. The average Bonchev–Trinajstić information content (AvgIpc) is 4.12. The lowest BCUT2D eigenvalue weighted by Gasteiger charge is -2.29. The molecule has 0 unspecified atom stereocenters. The summed E-state index contributed by atoms with van der Waals surface area (Å²) in [7, 11) is 1.30. The zero-order valence-corrected chi connectivity index (χ0v) is 50.6. The Kier molecular flexibility index (Phi) is 21.4. The summed E-state index contributed by atoms with van der Waals surface area (Å²) in [5.41, 5.74) is 5.55. The highest BCUT2D eigenvalue weighted by atomic mass is 128. The van der Waals surface area contributed by atoms with Crippen LogP contribution in [-0.4, -0.2) is 96.2 Å². The Hall–Kier alpha value is -1.58. The molecule has 3 aliphatic heterocycles. The smallest absolute Gasteiger partial charge is 0.410 e. The van der Waals surface area contributed by atoms with E-state index in [-0.39, 0.29) is 54.0 Å². The number of fused-ring (bicyclic) bond motifs is 3. The molecule has 3 saturated heterocycles. The standard InChI is InChI=1S/C18H23IN4O3.C16H20IN3O2.C11H12IN3.I2.HI/c1-10(2)15(22-18(25)26-3)17(24)23-8-4-5-14(23)16-20-12-7-6-11(19)9-13(12)21-16;1-16(2,3)22-15(21)20-8-4-5-13(20)14-18-11-7-6-10(17)9-12(11)19-14;12-7-3-4-8-10(6-7)15-11(14-8)9-2-1-5-13-9;1-2;/h6-7,9-10,14-15H,4-5,8H2,1-3H3,(H,20,21)(H,22,25);6-7,9,13H,4-5,8H2,1-3H3,(H,18,19);3-4,6,9,13H,1-2,5H2,(H,14,15);;1H/t14-,15-;13-;9-;;/m000../s1. The second-order valence-corrected chi connectivity index (χ2v) is 21.1. The summed E-state index contributed by atoms with van der Waals surface area (Å²) in [6.45, 7) is 12.0. The Morgan fingerprint density at radius 3 is 1.61 bits per heavy atom. The number of likely N-dealkylation sites (tertiary alicyclic amines) is 2. The van der Waals surface area contributed by atoms with Crippen LogP contribution >= 0.6 is 129 Å². The van der Waals surface area contributed by atoms with Crippen molar-refractivity contribution in [2.75, 3.05) is 26.7 Å². The Morgan fingerprint density at radius 2 is 1.17 bits per heavy atom. The number of amides is 3. The van der Waals surface area contributed by atoms with Crippen LogP contribution in [0.2, 0.25) is 0 Å². The minimum absolute atomic E-state index is 0. The maximum atomic E-state index is 13.1. The highest BCUT2D eigenvalue weighted by molar-refractivity contribution is 15.0. The van der Waals surface area contributed by atoms with Crippen LogP contribution in [0.3, 0.4) is 0 Å². The van der Waals surface area contributed by atoms with Crippen molar-refractivity contribution in [1.82, 2.24) is 50.3 Å². The fourth-order valence-corrected chi connectivity index (χ4v) is 9.66. The van der Waals surface area contributed by atoms with Gasteiger partial charge in [0.25, 0.3) is 0 Å². The molecule has 0 radical (unpaired) electrons. The summed E-state index contributed by atoms with van der Waals surface area (Å²) in [4.78, 5) is 64.8. The van der Waals surface area contributed by atoms with Gasteiger partial charge in [-0.05, 0) is 194 Å². The first kappa shape index (κ1) is 55.3. The summed E-state index contributed by atoms with van der Waals surface area (Å²) in [6.07, 6.45) is 5.24. The van der Waals surface area contributed by atoms with E-state index in [1.54, 1.807) is 4.90 Å². The molecule has 21 heteroatoms. The summed E-state index contributed by atoms with van der Waals surface area (Å²) >= 11 is 11.1. The van der Waals surface area contributed by atoms with Crippen molar-refractivity contribution in [3.05, 3.63) is 82.8 Å². The van der Waals surface area contributed by atoms with Gasteiger partial charge in [-0.25, -0.2) is 24.5 Å². The lowest BCUT2D eigenvalue weighted by molar-refractivity contribution is -0.135. The Labute approximate surface area is 466 Å². The Balaban J connectivity index is 0.000000186. The van der Waals surface area contributed by atoms with Crippen molar-refractivity contribution < 1.29 is 23.9 Å².